The third-order valence-corrected chi connectivity index (χ3v) is 3.53. The number of thiazole rings is 1. The number of esters is 1. The van der Waals surface area contributed by atoms with Crippen molar-refractivity contribution in [1.82, 2.24) is 4.98 Å². The highest BCUT2D eigenvalue weighted by atomic mass is 32.1. The molecule has 1 aliphatic rings. The fourth-order valence-electron chi connectivity index (χ4n) is 1.93. The lowest BCUT2D eigenvalue weighted by molar-refractivity contribution is -0.145. The number of nitrogens with one attached hydrogen (secondary N) is 1. The molecule has 1 aromatic rings. The molecule has 5 heteroatoms. The van der Waals surface area contributed by atoms with E-state index in [0.29, 0.717) is 6.61 Å². The Morgan fingerprint density at radius 2 is 2.47 bits per heavy atom. The first-order chi connectivity index (χ1) is 7.22. The maximum absolute atomic E-state index is 11.6. The summed E-state index contributed by atoms with van der Waals surface area (Å²) in [5.41, 5.74) is 0.787. The van der Waals surface area contributed by atoms with Crippen LogP contribution in [0.5, 0.6) is 0 Å². The van der Waals surface area contributed by atoms with Crippen molar-refractivity contribution in [2.24, 2.45) is 0 Å². The van der Waals surface area contributed by atoms with Gasteiger partial charge >= 0.3 is 10.8 Å². The van der Waals surface area contributed by atoms with Crippen molar-refractivity contribution in [1.29, 1.82) is 0 Å². The largest absolute Gasteiger partial charge is 0.465 e. The fraction of sp³-hybridized carbons (Fsp3) is 0.600. The molecule has 0 aliphatic heterocycles. The second-order valence-corrected chi connectivity index (χ2v) is 4.62. The molecule has 1 aliphatic carbocycles. The number of carbonyl (C=O) groups excluding carboxylic acids is 1. The zero-order valence-electron chi connectivity index (χ0n) is 8.54. The second kappa shape index (κ2) is 4.18. The van der Waals surface area contributed by atoms with Crippen molar-refractivity contribution in [3.8, 4) is 0 Å². The van der Waals surface area contributed by atoms with Gasteiger partial charge in [0.2, 0.25) is 0 Å². The lowest BCUT2D eigenvalue weighted by Crippen LogP contribution is -2.21. The summed E-state index contributed by atoms with van der Waals surface area (Å²) >= 11 is 1.21. The molecule has 0 aromatic carbocycles. The van der Waals surface area contributed by atoms with Gasteiger partial charge in [-0.05, 0) is 26.2 Å². The summed E-state index contributed by atoms with van der Waals surface area (Å²) < 4.78 is 4.99. The third-order valence-electron chi connectivity index (χ3n) is 2.57. The van der Waals surface area contributed by atoms with Crippen LogP contribution in [0, 0.1) is 0 Å². The smallest absolute Gasteiger partial charge is 0.314 e. The number of rotatable bonds is 2. The number of hydrogen-bond acceptors (Lipinski definition) is 4. The summed E-state index contributed by atoms with van der Waals surface area (Å²) in [4.78, 5) is 26.5. The molecule has 0 radical (unpaired) electrons. The van der Waals surface area contributed by atoms with Gasteiger partial charge in [-0.25, -0.2) is 0 Å². The number of H-pyrrole nitrogens is 1. The van der Waals surface area contributed by atoms with Crippen LogP contribution in [-0.4, -0.2) is 17.6 Å². The molecule has 1 N–H and O–H groups in total. The number of fused-ring (bicyclic) bond motifs is 1. The van der Waals surface area contributed by atoms with Crippen LogP contribution in [-0.2, 0) is 16.0 Å². The Kier molecular flexibility index (Phi) is 2.90. The van der Waals surface area contributed by atoms with Crippen molar-refractivity contribution in [2.75, 3.05) is 6.61 Å². The van der Waals surface area contributed by atoms with Gasteiger partial charge in [-0.15, -0.1) is 0 Å². The number of carbonyl (C=O) groups is 1. The van der Waals surface area contributed by atoms with Crippen LogP contribution < -0.4 is 4.87 Å². The highest BCUT2D eigenvalue weighted by molar-refractivity contribution is 7.09. The molecule has 1 unspecified atom stereocenters. The van der Waals surface area contributed by atoms with E-state index in [2.05, 4.69) is 4.98 Å². The summed E-state index contributed by atoms with van der Waals surface area (Å²) in [5.74, 6) is -0.472. The Morgan fingerprint density at radius 3 is 3.20 bits per heavy atom. The van der Waals surface area contributed by atoms with E-state index >= 15 is 0 Å². The predicted molar refractivity (Wildman–Crippen MR) is 57.3 cm³/mol. The van der Waals surface area contributed by atoms with E-state index in [1.54, 1.807) is 6.92 Å². The molecule has 0 spiro atoms. The van der Waals surface area contributed by atoms with Gasteiger partial charge in [-0.3, -0.25) is 9.59 Å². The first-order valence-corrected chi connectivity index (χ1v) is 5.92. The molecule has 1 heterocycles. The molecule has 15 heavy (non-hydrogen) atoms. The average Bonchev–Trinajstić information content (AvgIpc) is 2.57. The minimum atomic E-state index is -0.257. The number of aromatic amines is 1. The molecule has 1 atom stereocenters. The molecule has 0 amide bonds. The lowest BCUT2D eigenvalue weighted by atomic mass is 9.91. The summed E-state index contributed by atoms with van der Waals surface area (Å²) in [6.45, 7) is 2.18. The Morgan fingerprint density at radius 1 is 1.67 bits per heavy atom. The summed E-state index contributed by atoms with van der Waals surface area (Å²) in [7, 11) is 0. The Labute approximate surface area is 91.3 Å². The van der Waals surface area contributed by atoms with Crippen LogP contribution in [0.3, 0.4) is 0 Å². The number of aryl methyl sites for hydroxylation is 1. The fourth-order valence-corrected chi connectivity index (χ4v) is 2.86. The van der Waals surface area contributed by atoms with Crippen LogP contribution in [0.1, 0.15) is 36.3 Å². The first kappa shape index (κ1) is 10.4. The first-order valence-electron chi connectivity index (χ1n) is 5.11. The topological polar surface area (TPSA) is 59.2 Å². The van der Waals surface area contributed by atoms with Gasteiger partial charge in [0.05, 0.1) is 12.5 Å². The van der Waals surface area contributed by atoms with Crippen LogP contribution in [0.25, 0.3) is 0 Å². The van der Waals surface area contributed by atoms with Crippen molar-refractivity contribution < 1.29 is 9.53 Å². The molecular weight excluding hydrogens is 214 g/mol. The Bertz CT molecular complexity index is 421. The number of aromatic nitrogens is 1. The normalized spacial score (nSPS) is 19.7. The summed E-state index contributed by atoms with van der Waals surface area (Å²) in [6, 6.07) is 0. The van der Waals surface area contributed by atoms with Gasteiger partial charge in [0, 0.05) is 10.6 Å². The molecule has 0 fully saturated rings. The van der Waals surface area contributed by atoms with Crippen LogP contribution in [0.4, 0.5) is 0 Å². The standard InChI is InChI=1S/C10H13NO3S/c1-2-14-9(12)6-4-3-5-7-8(6)11-10(13)15-7/h6H,2-5H2,1H3,(H,11,13). The van der Waals surface area contributed by atoms with E-state index in [1.807, 2.05) is 0 Å². The van der Waals surface area contributed by atoms with Crippen molar-refractivity contribution in [3.05, 3.63) is 20.2 Å². The average molecular weight is 227 g/mol. The molecule has 1 aromatic heterocycles. The predicted octanol–water partition coefficient (Wildman–Crippen LogP) is 1.42. The molecule has 82 valence electrons. The maximum atomic E-state index is 11.6. The quantitative estimate of drug-likeness (QED) is 0.777. The van der Waals surface area contributed by atoms with Gasteiger partial charge < -0.3 is 9.72 Å². The maximum Gasteiger partial charge on any atom is 0.314 e. The van der Waals surface area contributed by atoms with Crippen LogP contribution in [0.15, 0.2) is 4.79 Å². The molecule has 0 saturated carbocycles. The van der Waals surface area contributed by atoms with E-state index in [4.69, 9.17) is 4.74 Å². The lowest BCUT2D eigenvalue weighted by Gasteiger charge is -2.19. The highest BCUT2D eigenvalue weighted by Gasteiger charge is 2.29. The third kappa shape index (κ3) is 1.97. The van der Waals surface area contributed by atoms with Crippen molar-refractivity contribution >= 4 is 17.3 Å². The molecule has 2 rings (SSSR count). The number of hydrogen-bond donors (Lipinski definition) is 1. The van der Waals surface area contributed by atoms with Crippen LogP contribution in [0.2, 0.25) is 0 Å². The highest BCUT2D eigenvalue weighted by Crippen LogP contribution is 2.32. The molecule has 0 bridgehead atoms. The van der Waals surface area contributed by atoms with Crippen LogP contribution >= 0.6 is 11.3 Å². The summed E-state index contributed by atoms with van der Waals surface area (Å²) in [6.07, 6.45) is 2.62. The molecule has 4 nitrogen and oxygen atoms in total. The van der Waals surface area contributed by atoms with E-state index < -0.39 is 0 Å². The van der Waals surface area contributed by atoms with Gasteiger partial charge in [-0.2, -0.15) is 0 Å². The Hall–Kier alpha value is -1.10. The van der Waals surface area contributed by atoms with E-state index in [1.165, 1.54) is 11.3 Å². The Balaban J connectivity index is 2.29. The molecule has 0 saturated heterocycles. The van der Waals surface area contributed by atoms with E-state index in [0.717, 1.165) is 29.8 Å². The van der Waals surface area contributed by atoms with Gasteiger partial charge in [0.25, 0.3) is 0 Å². The minimum Gasteiger partial charge on any atom is -0.465 e. The zero-order valence-corrected chi connectivity index (χ0v) is 9.36. The summed E-state index contributed by atoms with van der Waals surface area (Å²) in [5, 5.41) is 0. The number of ether oxygens (including phenoxy) is 1. The zero-order chi connectivity index (χ0) is 10.8. The monoisotopic (exact) mass is 227 g/mol. The van der Waals surface area contributed by atoms with Gasteiger partial charge in [0.1, 0.15) is 0 Å². The van der Waals surface area contributed by atoms with Gasteiger partial charge in [-0.1, -0.05) is 11.3 Å². The van der Waals surface area contributed by atoms with Crippen molar-refractivity contribution in [2.45, 2.75) is 32.1 Å². The molecular formula is C10H13NO3S. The van der Waals surface area contributed by atoms with Gasteiger partial charge in [0.15, 0.2) is 0 Å². The van der Waals surface area contributed by atoms with E-state index in [9.17, 15) is 9.59 Å². The SMILES string of the molecule is CCOC(=O)C1CCCc2sc(=O)[nH]c21. The second-order valence-electron chi connectivity index (χ2n) is 3.55. The minimum absolute atomic E-state index is 0.0730. The van der Waals surface area contributed by atoms with Crippen molar-refractivity contribution in [3.63, 3.8) is 0 Å². The van der Waals surface area contributed by atoms with E-state index in [-0.39, 0.29) is 16.8 Å².